The van der Waals surface area contributed by atoms with Gasteiger partial charge in [0.25, 0.3) is 0 Å². The number of rotatable bonds is 6. The standard InChI is InChI=1S/C15H22BrNS/c1-10(2)11(3)18-15-8-13(16)5-4-12(15)9-17-14-6-7-14/h4-5,8,10-11,14,17H,6-7,9H2,1-3H3. The summed E-state index contributed by atoms with van der Waals surface area (Å²) in [5, 5.41) is 4.26. The molecule has 0 amide bonds. The zero-order chi connectivity index (χ0) is 13.1. The van der Waals surface area contributed by atoms with E-state index in [1.165, 1.54) is 27.8 Å². The molecule has 1 N–H and O–H groups in total. The first kappa shape index (κ1) is 14.4. The van der Waals surface area contributed by atoms with Crippen LogP contribution >= 0.6 is 27.7 Å². The molecule has 1 saturated carbocycles. The van der Waals surface area contributed by atoms with Gasteiger partial charge in [-0.15, -0.1) is 11.8 Å². The normalized spacial score (nSPS) is 17.2. The van der Waals surface area contributed by atoms with E-state index in [1.54, 1.807) is 0 Å². The Kier molecular flexibility index (Phi) is 5.16. The van der Waals surface area contributed by atoms with Gasteiger partial charge in [0.05, 0.1) is 0 Å². The number of nitrogens with one attached hydrogen (secondary N) is 1. The summed E-state index contributed by atoms with van der Waals surface area (Å²) in [6, 6.07) is 7.42. The van der Waals surface area contributed by atoms with Gasteiger partial charge >= 0.3 is 0 Å². The van der Waals surface area contributed by atoms with Crippen molar-refractivity contribution in [3.63, 3.8) is 0 Å². The number of hydrogen-bond donors (Lipinski definition) is 1. The van der Waals surface area contributed by atoms with Crippen LogP contribution in [0, 0.1) is 5.92 Å². The molecule has 0 spiro atoms. The van der Waals surface area contributed by atoms with Crippen molar-refractivity contribution < 1.29 is 0 Å². The number of thioether (sulfide) groups is 1. The van der Waals surface area contributed by atoms with E-state index in [1.807, 2.05) is 11.8 Å². The molecule has 0 heterocycles. The molecule has 0 radical (unpaired) electrons. The fourth-order valence-electron chi connectivity index (χ4n) is 1.66. The second kappa shape index (κ2) is 6.44. The SMILES string of the molecule is CC(C)C(C)Sc1cc(Br)ccc1CNC1CC1. The Balaban J connectivity index is 2.06. The van der Waals surface area contributed by atoms with Crippen LogP contribution in [0.25, 0.3) is 0 Å². The zero-order valence-corrected chi connectivity index (χ0v) is 13.8. The Morgan fingerprint density at radius 3 is 2.67 bits per heavy atom. The molecule has 2 rings (SSSR count). The molecule has 1 atom stereocenters. The van der Waals surface area contributed by atoms with Gasteiger partial charge in [-0.1, -0.05) is 42.8 Å². The van der Waals surface area contributed by atoms with Crippen LogP contribution in [0.15, 0.2) is 27.6 Å². The molecule has 1 aromatic carbocycles. The lowest BCUT2D eigenvalue weighted by Gasteiger charge is -2.18. The van der Waals surface area contributed by atoms with Gasteiger partial charge in [0.15, 0.2) is 0 Å². The second-order valence-corrected chi connectivity index (χ2v) is 7.81. The summed E-state index contributed by atoms with van der Waals surface area (Å²) in [5.41, 5.74) is 1.43. The largest absolute Gasteiger partial charge is 0.310 e. The molecule has 18 heavy (non-hydrogen) atoms. The highest BCUT2D eigenvalue weighted by Gasteiger charge is 2.21. The average Bonchev–Trinajstić information content (AvgIpc) is 3.11. The van der Waals surface area contributed by atoms with Gasteiger partial charge in [-0.05, 0) is 36.5 Å². The molecule has 0 saturated heterocycles. The van der Waals surface area contributed by atoms with Crippen LogP contribution in [0.3, 0.4) is 0 Å². The smallest absolute Gasteiger partial charge is 0.0219 e. The monoisotopic (exact) mass is 327 g/mol. The topological polar surface area (TPSA) is 12.0 Å². The second-order valence-electron chi connectivity index (χ2n) is 5.47. The molecule has 0 aromatic heterocycles. The van der Waals surface area contributed by atoms with Gasteiger partial charge in [0.2, 0.25) is 0 Å². The Hall–Kier alpha value is 0.01000. The van der Waals surface area contributed by atoms with Gasteiger partial charge in [-0.2, -0.15) is 0 Å². The molecular formula is C15H22BrNS. The van der Waals surface area contributed by atoms with E-state index in [-0.39, 0.29) is 0 Å². The summed E-state index contributed by atoms with van der Waals surface area (Å²) in [5.74, 6) is 0.707. The van der Waals surface area contributed by atoms with Crippen LogP contribution in [-0.4, -0.2) is 11.3 Å². The molecule has 1 aliphatic carbocycles. The maximum atomic E-state index is 3.61. The highest BCUT2D eigenvalue weighted by atomic mass is 79.9. The van der Waals surface area contributed by atoms with E-state index in [4.69, 9.17) is 0 Å². The summed E-state index contributed by atoms with van der Waals surface area (Å²) < 4.78 is 1.18. The van der Waals surface area contributed by atoms with Crippen molar-refractivity contribution in [2.45, 2.75) is 56.3 Å². The third kappa shape index (κ3) is 4.29. The van der Waals surface area contributed by atoms with E-state index < -0.39 is 0 Å². The lowest BCUT2D eigenvalue weighted by molar-refractivity contribution is 0.640. The minimum absolute atomic E-state index is 0.652. The molecule has 3 heteroatoms. The fourth-order valence-corrected chi connectivity index (χ4v) is 3.33. The van der Waals surface area contributed by atoms with Crippen molar-refractivity contribution >= 4 is 27.7 Å². The molecule has 1 fully saturated rings. The maximum Gasteiger partial charge on any atom is 0.0219 e. The zero-order valence-electron chi connectivity index (χ0n) is 11.4. The van der Waals surface area contributed by atoms with Gasteiger partial charge in [-0.25, -0.2) is 0 Å². The lowest BCUT2D eigenvalue weighted by atomic mass is 10.2. The third-order valence-corrected chi connectivity index (χ3v) is 5.48. The number of hydrogen-bond acceptors (Lipinski definition) is 2. The van der Waals surface area contributed by atoms with E-state index in [0.717, 1.165) is 12.6 Å². The maximum absolute atomic E-state index is 3.61. The van der Waals surface area contributed by atoms with Gasteiger partial charge in [0.1, 0.15) is 0 Å². The molecule has 0 aliphatic heterocycles. The van der Waals surface area contributed by atoms with Crippen LogP contribution in [0.4, 0.5) is 0 Å². The van der Waals surface area contributed by atoms with Crippen LogP contribution in [0.5, 0.6) is 0 Å². The highest BCUT2D eigenvalue weighted by molar-refractivity contribution is 9.10. The average molecular weight is 328 g/mol. The molecule has 100 valence electrons. The van der Waals surface area contributed by atoms with Gasteiger partial charge in [0, 0.05) is 27.2 Å². The Labute approximate surface area is 123 Å². The molecular weight excluding hydrogens is 306 g/mol. The summed E-state index contributed by atoms with van der Waals surface area (Å²) >= 11 is 5.58. The van der Waals surface area contributed by atoms with Crippen molar-refractivity contribution in [3.05, 3.63) is 28.2 Å². The summed E-state index contributed by atoms with van der Waals surface area (Å²) in [6.45, 7) is 7.90. The van der Waals surface area contributed by atoms with Crippen LogP contribution in [-0.2, 0) is 6.54 Å². The molecule has 1 aliphatic rings. The minimum Gasteiger partial charge on any atom is -0.310 e. The Morgan fingerprint density at radius 1 is 1.33 bits per heavy atom. The quantitative estimate of drug-likeness (QED) is 0.750. The van der Waals surface area contributed by atoms with E-state index in [9.17, 15) is 0 Å². The van der Waals surface area contributed by atoms with Gasteiger partial charge < -0.3 is 5.32 Å². The summed E-state index contributed by atoms with van der Waals surface area (Å²) in [7, 11) is 0. The molecule has 1 unspecified atom stereocenters. The fraction of sp³-hybridized carbons (Fsp3) is 0.600. The summed E-state index contributed by atoms with van der Waals surface area (Å²) in [6.07, 6.45) is 2.70. The van der Waals surface area contributed by atoms with E-state index in [2.05, 4.69) is 60.2 Å². The first-order chi connectivity index (χ1) is 8.56. The van der Waals surface area contributed by atoms with E-state index in [0.29, 0.717) is 11.2 Å². The number of halogens is 1. The minimum atomic E-state index is 0.652. The predicted molar refractivity (Wildman–Crippen MR) is 84.2 cm³/mol. The first-order valence-corrected chi connectivity index (χ1v) is 8.42. The lowest BCUT2D eigenvalue weighted by Crippen LogP contribution is -2.16. The third-order valence-electron chi connectivity index (χ3n) is 3.44. The van der Waals surface area contributed by atoms with Crippen molar-refractivity contribution in [2.24, 2.45) is 5.92 Å². The summed E-state index contributed by atoms with van der Waals surface area (Å²) in [4.78, 5) is 1.42. The van der Waals surface area contributed by atoms with Crippen molar-refractivity contribution in [1.29, 1.82) is 0 Å². The van der Waals surface area contributed by atoms with Crippen molar-refractivity contribution in [3.8, 4) is 0 Å². The molecule has 1 aromatic rings. The van der Waals surface area contributed by atoms with Crippen molar-refractivity contribution in [1.82, 2.24) is 5.32 Å². The Bertz CT molecular complexity index is 401. The van der Waals surface area contributed by atoms with Crippen molar-refractivity contribution in [2.75, 3.05) is 0 Å². The van der Waals surface area contributed by atoms with E-state index >= 15 is 0 Å². The van der Waals surface area contributed by atoms with Gasteiger partial charge in [-0.3, -0.25) is 0 Å². The first-order valence-electron chi connectivity index (χ1n) is 6.74. The molecule has 1 nitrogen and oxygen atoms in total. The van der Waals surface area contributed by atoms with Crippen LogP contribution < -0.4 is 5.32 Å². The highest BCUT2D eigenvalue weighted by Crippen LogP contribution is 2.33. The number of benzene rings is 1. The predicted octanol–water partition coefficient (Wildman–Crippen LogP) is 4.84. The van der Waals surface area contributed by atoms with Crippen LogP contribution in [0.2, 0.25) is 0 Å². The Morgan fingerprint density at radius 2 is 2.06 bits per heavy atom. The van der Waals surface area contributed by atoms with Crippen LogP contribution in [0.1, 0.15) is 39.2 Å². The molecule has 0 bridgehead atoms.